The number of nitrogens with zero attached hydrogens (tertiary/aromatic N) is 4. The molecule has 0 N–H and O–H groups in total. The molecule has 9 heteroatoms. The lowest BCUT2D eigenvalue weighted by Gasteiger charge is -2.32. The van der Waals surface area contributed by atoms with Crippen LogP contribution in [0.2, 0.25) is 0 Å². The molecule has 0 bridgehead atoms. The molecule has 1 aromatic heterocycles. The summed E-state index contributed by atoms with van der Waals surface area (Å²) >= 11 is 0. The van der Waals surface area contributed by atoms with Gasteiger partial charge in [0.05, 0.1) is 37.5 Å². The van der Waals surface area contributed by atoms with Gasteiger partial charge in [-0.2, -0.15) is 4.31 Å². The van der Waals surface area contributed by atoms with E-state index in [1.54, 1.807) is 26.6 Å². The molecule has 1 atom stereocenters. The fourth-order valence-electron chi connectivity index (χ4n) is 2.15. The SMILES string of the molecule is CN(C)C(=O)COCC1CN(S(C)(=O)=O)Cc2cncn21. The lowest BCUT2D eigenvalue weighted by molar-refractivity contribution is -0.134. The maximum atomic E-state index is 11.7. The summed E-state index contributed by atoms with van der Waals surface area (Å²) in [4.78, 5) is 17.0. The van der Waals surface area contributed by atoms with Crippen LogP contribution < -0.4 is 0 Å². The Bertz CT molecular complexity index is 611. The molecule has 1 aromatic rings. The normalized spacial score (nSPS) is 19.3. The predicted octanol–water partition coefficient (Wildman–Crippen LogP) is -0.696. The highest BCUT2D eigenvalue weighted by atomic mass is 32.2. The summed E-state index contributed by atoms with van der Waals surface area (Å²) in [5.74, 6) is -0.128. The van der Waals surface area contributed by atoms with Crippen molar-refractivity contribution in [1.29, 1.82) is 0 Å². The summed E-state index contributed by atoms with van der Waals surface area (Å²) in [6.45, 7) is 0.867. The van der Waals surface area contributed by atoms with Crippen LogP contribution in [-0.4, -0.2) is 73.2 Å². The molecule has 21 heavy (non-hydrogen) atoms. The molecular formula is C12H20N4O4S. The van der Waals surface area contributed by atoms with Crippen LogP contribution in [-0.2, 0) is 26.1 Å². The van der Waals surface area contributed by atoms with Gasteiger partial charge in [0.25, 0.3) is 0 Å². The molecule has 0 saturated heterocycles. The largest absolute Gasteiger partial charge is 0.369 e. The van der Waals surface area contributed by atoms with Crippen LogP contribution in [0.3, 0.4) is 0 Å². The fourth-order valence-corrected chi connectivity index (χ4v) is 2.96. The van der Waals surface area contributed by atoms with Crippen molar-refractivity contribution in [3.63, 3.8) is 0 Å². The molecule has 0 fully saturated rings. The number of hydrogen-bond acceptors (Lipinski definition) is 5. The second-order valence-electron chi connectivity index (χ2n) is 5.30. The first kappa shape index (κ1) is 15.9. The summed E-state index contributed by atoms with van der Waals surface area (Å²) in [5, 5.41) is 0. The van der Waals surface area contributed by atoms with E-state index in [1.807, 2.05) is 4.57 Å². The lowest BCUT2D eigenvalue weighted by atomic mass is 10.2. The standard InChI is InChI=1S/C12H20N4O4S/c1-14(2)12(17)8-20-7-11-6-15(21(3,18)19)5-10-4-13-9-16(10)11/h4,9,11H,5-8H2,1-3H3. The van der Waals surface area contributed by atoms with Crippen LogP contribution in [0.5, 0.6) is 0 Å². The molecule has 2 heterocycles. The number of amides is 1. The molecule has 1 amide bonds. The number of carbonyl (C=O) groups excluding carboxylic acids is 1. The third-order valence-corrected chi connectivity index (χ3v) is 4.61. The van der Waals surface area contributed by atoms with Crippen molar-refractivity contribution in [1.82, 2.24) is 18.8 Å². The third-order valence-electron chi connectivity index (χ3n) is 3.40. The Morgan fingerprint density at radius 2 is 2.24 bits per heavy atom. The molecule has 0 aliphatic carbocycles. The van der Waals surface area contributed by atoms with Crippen molar-refractivity contribution >= 4 is 15.9 Å². The van der Waals surface area contributed by atoms with Gasteiger partial charge in [0.15, 0.2) is 0 Å². The van der Waals surface area contributed by atoms with E-state index in [2.05, 4.69) is 4.98 Å². The van der Waals surface area contributed by atoms with E-state index in [1.165, 1.54) is 15.5 Å². The van der Waals surface area contributed by atoms with Crippen LogP contribution >= 0.6 is 0 Å². The van der Waals surface area contributed by atoms with E-state index < -0.39 is 10.0 Å². The Hall–Kier alpha value is -1.45. The minimum Gasteiger partial charge on any atom is -0.369 e. The van der Waals surface area contributed by atoms with Gasteiger partial charge in [-0.25, -0.2) is 13.4 Å². The minimum absolute atomic E-state index is 0.0214. The average Bonchev–Trinajstić information content (AvgIpc) is 2.85. The van der Waals surface area contributed by atoms with Gasteiger partial charge in [-0.1, -0.05) is 0 Å². The number of rotatable bonds is 5. The third kappa shape index (κ3) is 3.80. The van der Waals surface area contributed by atoms with Crippen molar-refractivity contribution in [3.05, 3.63) is 18.2 Å². The van der Waals surface area contributed by atoms with Crippen LogP contribution in [0, 0.1) is 0 Å². The van der Waals surface area contributed by atoms with Gasteiger partial charge in [0.1, 0.15) is 6.61 Å². The Kier molecular flexibility index (Phi) is 4.64. The predicted molar refractivity (Wildman–Crippen MR) is 76.0 cm³/mol. The molecule has 8 nitrogen and oxygen atoms in total. The molecule has 2 rings (SSSR count). The Labute approximate surface area is 124 Å². The van der Waals surface area contributed by atoms with Crippen molar-refractivity contribution in [2.24, 2.45) is 0 Å². The highest BCUT2D eigenvalue weighted by Gasteiger charge is 2.30. The maximum Gasteiger partial charge on any atom is 0.248 e. The number of carbonyl (C=O) groups is 1. The van der Waals surface area contributed by atoms with E-state index in [-0.39, 0.29) is 25.2 Å². The number of likely N-dealkylation sites (N-methyl/N-ethyl adjacent to an activating group) is 1. The second-order valence-corrected chi connectivity index (χ2v) is 7.29. The summed E-state index contributed by atoms with van der Waals surface area (Å²) in [5.41, 5.74) is 0.819. The minimum atomic E-state index is -3.27. The Balaban J connectivity index is 2.03. The van der Waals surface area contributed by atoms with Crippen molar-refractivity contribution < 1.29 is 17.9 Å². The highest BCUT2D eigenvalue weighted by molar-refractivity contribution is 7.88. The molecule has 0 radical (unpaired) electrons. The molecule has 1 unspecified atom stereocenters. The Morgan fingerprint density at radius 3 is 2.86 bits per heavy atom. The van der Waals surface area contributed by atoms with Gasteiger partial charge in [-0.15, -0.1) is 0 Å². The van der Waals surface area contributed by atoms with Gasteiger partial charge < -0.3 is 14.2 Å². The smallest absolute Gasteiger partial charge is 0.248 e. The van der Waals surface area contributed by atoms with Crippen molar-refractivity contribution in [2.75, 3.05) is 40.1 Å². The van der Waals surface area contributed by atoms with Crippen molar-refractivity contribution in [3.8, 4) is 0 Å². The zero-order valence-electron chi connectivity index (χ0n) is 12.4. The first-order chi connectivity index (χ1) is 9.79. The fraction of sp³-hybridized carbons (Fsp3) is 0.667. The number of aromatic nitrogens is 2. The summed E-state index contributed by atoms with van der Waals surface area (Å²) in [6, 6.07) is -0.180. The number of hydrogen-bond donors (Lipinski definition) is 0. The average molecular weight is 316 g/mol. The monoisotopic (exact) mass is 316 g/mol. The van der Waals surface area contributed by atoms with E-state index >= 15 is 0 Å². The van der Waals surface area contributed by atoms with E-state index in [0.29, 0.717) is 13.1 Å². The molecule has 1 aliphatic rings. The van der Waals surface area contributed by atoms with Gasteiger partial charge >= 0.3 is 0 Å². The number of fused-ring (bicyclic) bond motifs is 1. The second kappa shape index (κ2) is 6.12. The summed E-state index contributed by atoms with van der Waals surface area (Å²) in [7, 11) is 0.0441. The first-order valence-corrected chi connectivity index (χ1v) is 8.37. The van der Waals surface area contributed by atoms with Gasteiger partial charge in [0, 0.05) is 26.8 Å². The van der Waals surface area contributed by atoms with Crippen LogP contribution in [0.25, 0.3) is 0 Å². The van der Waals surface area contributed by atoms with Crippen LogP contribution in [0.15, 0.2) is 12.5 Å². The van der Waals surface area contributed by atoms with Crippen LogP contribution in [0.4, 0.5) is 0 Å². The highest BCUT2D eigenvalue weighted by Crippen LogP contribution is 2.22. The zero-order valence-corrected chi connectivity index (χ0v) is 13.2. The van der Waals surface area contributed by atoms with Crippen molar-refractivity contribution in [2.45, 2.75) is 12.6 Å². The first-order valence-electron chi connectivity index (χ1n) is 6.52. The van der Waals surface area contributed by atoms with Gasteiger partial charge in [-0.05, 0) is 0 Å². The molecule has 0 saturated carbocycles. The topological polar surface area (TPSA) is 84.7 Å². The number of imidazole rings is 1. The lowest BCUT2D eigenvalue weighted by Crippen LogP contribution is -2.42. The zero-order chi connectivity index (χ0) is 15.6. The molecule has 0 aromatic carbocycles. The molecule has 118 valence electrons. The summed E-state index contributed by atoms with van der Waals surface area (Å²) < 4.78 is 32.2. The number of ether oxygens (including phenoxy) is 1. The van der Waals surface area contributed by atoms with E-state index in [0.717, 1.165) is 5.69 Å². The molecule has 0 spiro atoms. The van der Waals surface area contributed by atoms with Gasteiger partial charge in [0.2, 0.25) is 15.9 Å². The molecule has 1 aliphatic heterocycles. The van der Waals surface area contributed by atoms with Gasteiger partial charge in [-0.3, -0.25) is 4.79 Å². The summed E-state index contributed by atoms with van der Waals surface area (Å²) in [6.07, 6.45) is 4.50. The number of sulfonamides is 1. The van der Waals surface area contributed by atoms with E-state index in [4.69, 9.17) is 4.74 Å². The quantitative estimate of drug-likeness (QED) is 0.717. The Morgan fingerprint density at radius 1 is 1.52 bits per heavy atom. The van der Waals surface area contributed by atoms with E-state index in [9.17, 15) is 13.2 Å². The maximum absolute atomic E-state index is 11.7. The molecular weight excluding hydrogens is 296 g/mol. The van der Waals surface area contributed by atoms with Crippen LogP contribution in [0.1, 0.15) is 11.7 Å².